The number of hydrogen-bond donors (Lipinski definition) is 1. The average Bonchev–Trinajstić information content (AvgIpc) is 3.26. The van der Waals surface area contributed by atoms with Crippen LogP contribution < -0.4 is 5.32 Å². The third-order valence-electron chi connectivity index (χ3n) is 6.40. The van der Waals surface area contributed by atoms with E-state index in [1.807, 2.05) is 61.2 Å². The van der Waals surface area contributed by atoms with Crippen LogP contribution >= 0.6 is 0 Å². The Balaban J connectivity index is 1.54. The van der Waals surface area contributed by atoms with Crippen LogP contribution in [-0.2, 0) is 4.74 Å². The molecule has 0 radical (unpaired) electrons. The van der Waals surface area contributed by atoms with Crippen LogP contribution in [0.5, 0.6) is 0 Å². The van der Waals surface area contributed by atoms with Gasteiger partial charge in [0.2, 0.25) is 0 Å². The highest BCUT2D eigenvalue weighted by Crippen LogP contribution is 2.36. The van der Waals surface area contributed by atoms with Crippen LogP contribution in [-0.4, -0.2) is 49.1 Å². The standard InChI is InChI=1S/C29H27FN2O4/c1-17-15-32(16-18(2)35-17)29(34)22-6-4-5-20(13-22)21-9-12-25-24(14-21)26(28(33)31-3)27(36-25)19-7-10-23(30)11-8-19/h4-14,17-18H,15-16H2,1-3H3,(H,31,33). The first-order chi connectivity index (χ1) is 17.3. The lowest BCUT2D eigenvalue weighted by Crippen LogP contribution is -2.48. The van der Waals surface area contributed by atoms with Crippen molar-refractivity contribution in [3.63, 3.8) is 0 Å². The smallest absolute Gasteiger partial charge is 0.255 e. The molecule has 0 bridgehead atoms. The van der Waals surface area contributed by atoms with Gasteiger partial charge >= 0.3 is 0 Å². The Morgan fingerprint density at radius 3 is 2.28 bits per heavy atom. The fraction of sp³-hybridized carbons (Fsp3) is 0.241. The number of fused-ring (bicyclic) bond motifs is 1. The van der Waals surface area contributed by atoms with Gasteiger partial charge in [0.25, 0.3) is 11.8 Å². The molecule has 7 heteroatoms. The second-order valence-corrected chi connectivity index (χ2v) is 9.15. The Bertz CT molecular complexity index is 1430. The predicted molar refractivity (Wildman–Crippen MR) is 136 cm³/mol. The monoisotopic (exact) mass is 486 g/mol. The number of amides is 2. The average molecular weight is 487 g/mol. The van der Waals surface area contributed by atoms with Crippen LogP contribution in [0.25, 0.3) is 33.4 Å². The number of halogens is 1. The van der Waals surface area contributed by atoms with Gasteiger partial charge in [-0.3, -0.25) is 9.59 Å². The quantitative estimate of drug-likeness (QED) is 0.413. The summed E-state index contributed by atoms with van der Waals surface area (Å²) in [4.78, 5) is 27.9. The number of furan rings is 1. The SMILES string of the molecule is CNC(=O)c1c(-c2ccc(F)cc2)oc2ccc(-c3cccc(C(=O)N4CC(C)OC(C)C4)c3)cc12. The number of carbonyl (C=O) groups is 2. The number of morpholine rings is 1. The Kier molecular flexibility index (Phi) is 6.33. The Morgan fingerprint density at radius 2 is 1.58 bits per heavy atom. The van der Waals surface area contributed by atoms with Crippen molar-refractivity contribution in [2.75, 3.05) is 20.1 Å². The molecule has 4 aromatic rings. The molecule has 1 aromatic heterocycles. The second-order valence-electron chi connectivity index (χ2n) is 9.15. The van der Waals surface area contributed by atoms with Gasteiger partial charge < -0.3 is 19.4 Å². The summed E-state index contributed by atoms with van der Waals surface area (Å²) >= 11 is 0. The zero-order valence-corrected chi connectivity index (χ0v) is 20.4. The molecule has 0 saturated carbocycles. The second kappa shape index (κ2) is 9.59. The number of nitrogens with zero attached hydrogens (tertiary/aromatic N) is 1. The van der Waals surface area contributed by atoms with Crippen molar-refractivity contribution in [3.8, 4) is 22.5 Å². The minimum absolute atomic E-state index is 0.0113. The van der Waals surface area contributed by atoms with E-state index < -0.39 is 0 Å². The number of carbonyl (C=O) groups excluding carboxylic acids is 2. The Hall–Kier alpha value is -3.97. The molecule has 0 spiro atoms. The molecule has 2 heterocycles. The molecule has 1 saturated heterocycles. The van der Waals surface area contributed by atoms with Crippen LogP contribution in [0, 0.1) is 5.82 Å². The lowest BCUT2D eigenvalue weighted by atomic mass is 9.98. The van der Waals surface area contributed by atoms with Crippen molar-refractivity contribution in [2.24, 2.45) is 0 Å². The van der Waals surface area contributed by atoms with E-state index in [-0.39, 0.29) is 29.8 Å². The van der Waals surface area contributed by atoms with Crippen LogP contribution in [0.2, 0.25) is 0 Å². The highest BCUT2D eigenvalue weighted by molar-refractivity contribution is 6.11. The molecule has 1 fully saturated rings. The predicted octanol–water partition coefficient (Wildman–Crippen LogP) is 5.51. The van der Waals surface area contributed by atoms with E-state index in [1.165, 1.54) is 12.1 Å². The van der Waals surface area contributed by atoms with Gasteiger partial charge in [-0.1, -0.05) is 18.2 Å². The van der Waals surface area contributed by atoms with E-state index in [0.29, 0.717) is 46.5 Å². The number of rotatable bonds is 4. The normalized spacial score (nSPS) is 17.8. The third-order valence-corrected chi connectivity index (χ3v) is 6.40. The molecule has 5 rings (SSSR count). The molecule has 2 atom stereocenters. The molecule has 6 nitrogen and oxygen atoms in total. The third kappa shape index (κ3) is 4.50. The van der Waals surface area contributed by atoms with Gasteiger partial charge in [0.15, 0.2) is 0 Å². The van der Waals surface area contributed by atoms with Crippen LogP contribution in [0.15, 0.2) is 71.1 Å². The molecule has 1 aliphatic rings. The van der Waals surface area contributed by atoms with Gasteiger partial charge in [-0.05, 0) is 73.5 Å². The van der Waals surface area contributed by atoms with E-state index in [1.54, 1.807) is 19.2 Å². The van der Waals surface area contributed by atoms with E-state index in [2.05, 4.69) is 5.32 Å². The fourth-order valence-electron chi connectivity index (χ4n) is 4.79. The zero-order valence-electron chi connectivity index (χ0n) is 20.4. The first kappa shape index (κ1) is 23.8. The first-order valence-corrected chi connectivity index (χ1v) is 11.9. The van der Waals surface area contributed by atoms with Gasteiger partial charge in [0.05, 0.1) is 17.8 Å². The van der Waals surface area contributed by atoms with Crippen molar-refractivity contribution < 1.29 is 23.1 Å². The lowest BCUT2D eigenvalue weighted by molar-refractivity contribution is -0.0586. The summed E-state index contributed by atoms with van der Waals surface area (Å²) in [6.07, 6.45) is -0.0226. The number of benzene rings is 3. The molecule has 0 aliphatic carbocycles. The van der Waals surface area contributed by atoms with Gasteiger partial charge in [-0.15, -0.1) is 0 Å². The lowest BCUT2D eigenvalue weighted by Gasteiger charge is -2.35. The van der Waals surface area contributed by atoms with Gasteiger partial charge in [-0.2, -0.15) is 0 Å². The topological polar surface area (TPSA) is 71.8 Å². The van der Waals surface area contributed by atoms with Gasteiger partial charge in [0.1, 0.15) is 17.2 Å². The highest BCUT2D eigenvalue weighted by Gasteiger charge is 2.27. The van der Waals surface area contributed by atoms with Gasteiger partial charge in [-0.25, -0.2) is 4.39 Å². The Morgan fingerprint density at radius 1 is 0.917 bits per heavy atom. The molecule has 3 aromatic carbocycles. The van der Waals surface area contributed by atoms with Crippen molar-refractivity contribution in [1.82, 2.24) is 10.2 Å². The molecule has 184 valence electrons. The fourth-order valence-corrected chi connectivity index (χ4v) is 4.79. The number of nitrogens with one attached hydrogen (secondary N) is 1. The highest BCUT2D eigenvalue weighted by atomic mass is 19.1. The van der Waals surface area contributed by atoms with Crippen molar-refractivity contribution in [1.29, 1.82) is 0 Å². The van der Waals surface area contributed by atoms with Crippen LogP contribution in [0.3, 0.4) is 0 Å². The molecule has 1 N–H and O–H groups in total. The molecule has 1 aliphatic heterocycles. The molecule has 2 unspecified atom stereocenters. The summed E-state index contributed by atoms with van der Waals surface area (Å²) in [6, 6.07) is 18.9. The van der Waals surface area contributed by atoms with Crippen LogP contribution in [0.1, 0.15) is 34.6 Å². The minimum Gasteiger partial charge on any atom is -0.455 e. The van der Waals surface area contributed by atoms with E-state index in [0.717, 1.165) is 11.1 Å². The summed E-state index contributed by atoms with van der Waals surface area (Å²) in [6.45, 7) is 5.04. The summed E-state index contributed by atoms with van der Waals surface area (Å²) in [7, 11) is 1.56. The van der Waals surface area contributed by atoms with Crippen molar-refractivity contribution in [2.45, 2.75) is 26.1 Å². The molecule has 36 heavy (non-hydrogen) atoms. The van der Waals surface area contributed by atoms with E-state index in [4.69, 9.17) is 9.15 Å². The maximum absolute atomic E-state index is 13.5. The number of ether oxygens (including phenoxy) is 1. The molecule has 2 amide bonds. The minimum atomic E-state index is -0.367. The largest absolute Gasteiger partial charge is 0.455 e. The van der Waals surface area contributed by atoms with Crippen molar-refractivity contribution >= 4 is 22.8 Å². The molecular weight excluding hydrogens is 459 g/mol. The number of hydrogen-bond acceptors (Lipinski definition) is 4. The zero-order chi connectivity index (χ0) is 25.4. The maximum Gasteiger partial charge on any atom is 0.255 e. The summed E-state index contributed by atoms with van der Waals surface area (Å²) in [5.74, 6) is -0.326. The summed E-state index contributed by atoms with van der Waals surface area (Å²) in [5.41, 5.74) is 3.82. The first-order valence-electron chi connectivity index (χ1n) is 11.9. The van der Waals surface area contributed by atoms with Gasteiger partial charge in [0, 0.05) is 36.7 Å². The van der Waals surface area contributed by atoms with Crippen LogP contribution in [0.4, 0.5) is 4.39 Å². The summed E-state index contributed by atoms with van der Waals surface area (Å²) < 4.78 is 25.3. The maximum atomic E-state index is 13.5. The summed E-state index contributed by atoms with van der Waals surface area (Å²) in [5, 5.41) is 3.31. The Labute approximate surface area is 208 Å². The molecular formula is C29H27FN2O4. The van der Waals surface area contributed by atoms with Crippen molar-refractivity contribution in [3.05, 3.63) is 83.7 Å². The van der Waals surface area contributed by atoms with E-state index in [9.17, 15) is 14.0 Å². The van der Waals surface area contributed by atoms with E-state index >= 15 is 0 Å².